The third-order valence-electron chi connectivity index (χ3n) is 5.12. The van der Waals surface area contributed by atoms with Gasteiger partial charge in [0.1, 0.15) is 0 Å². The Morgan fingerprint density at radius 1 is 0.917 bits per heavy atom. The van der Waals surface area contributed by atoms with E-state index in [2.05, 4.69) is 87.5 Å². The van der Waals surface area contributed by atoms with Crippen LogP contribution in [-0.4, -0.2) is 5.54 Å². The van der Waals surface area contributed by atoms with Gasteiger partial charge in [-0.15, -0.1) is 0 Å². The highest BCUT2D eigenvalue weighted by atomic mass is 14.7. The number of rotatable bonds is 5. The van der Waals surface area contributed by atoms with Crippen LogP contribution < -0.4 is 5.73 Å². The third-order valence-corrected chi connectivity index (χ3v) is 5.12. The zero-order valence-electron chi connectivity index (χ0n) is 14.9. The summed E-state index contributed by atoms with van der Waals surface area (Å²) in [7, 11) is 0. The van der Waals surface area contributed by atoms with Crippen molar-refractivity contribution in [2.45, 2.75) is 39.2 Å². The molecule has 1 aliphatic rings. The Kier molecular flexibility index (Phi) is 4.73. The summed E-state index contributed by atoms with van der Waals surface area (Å²) in [6.07, 6.45) is 4.46. The fourth-order valence-electron chi connectivity index (χ4n) is 3.22. The van der Waals surface area contributed by atoms with Crippen molar-refractivity contribution in [3.63, 3.8) is 0 Å². The average molecular weight is 317 g/mol. The molecule has 0 heterocycles. The van der Waals surface area contributed by atoms with E-state index in [9.17, 15) is 0 Å². The van der Waals surface area contributed by atoms with Crippen molar-refractivity contribution in [2.24, 2.45) is 11.7 Å². The Morgan fingerprint density at radius 2 is 1.46 bits per heavy atom. The van der Waals surface area contributed by atoms with Gasteiger partial charge in [-0.3, -0.25) is 0 Å². The summed E-state index contributed by atoms with van der Waals surface area (Å²) in [4.78, 5) is 0. The van der Waals surface area contributed by atoms with E-state index in [0.717, 1.165) is 12.8 Å². The normalized spacial score (nSPS) is 16.2. The van der Waals surface area contributed by atoms with Crippen LogP contribution in [0.1, 0.15) is 44.7 Å². The summed E-state index contributed by atoms with van der Waals surface area (Å²) < 4.78 is 0. The molecule has 0 saturated carbocycles. The van der Waals surface area contributed by atoms with Crippen LogP contribution in [-0.2, 0) is 0 Å². The molecule has 1 atom stereocenters. The molecule has 24 heavy (non-hydrogen) atoms. The Bertz CT molecular complexity index is 746. The first kappa shape index (κ1) is 16.7. The van der Waals surface area contributed by atoms with Crippen molar-refractivity contribution in [1.82, 2.24) is 0 Å². The summed E-state index contributed by atoms with van der Waals surface area (Å²) in [5.41, 5.74) is 13.1. The van der Waals surface area contributed by atoms with Crippen molar-refractivity contribution < 1.29 is 0 Å². The van der Waals surface area contributed by atoms with Crippen molar-refractivity contribution in [1.29, 1.82) is 0 Å². The zero-order valence-corrected chi connectivity index (χ0v) is 14.9. The number of allylic oxidation sites excluding steroid dienone is 4. The molecular formula is C23H27N. The van der Waals surface area contributed by atoms with Crippen LogP contribution in [0.2, 0.25) is 0 Å². The molecule has 2 N–H and O–H groups in total. The van der Waals surface area contributed by atoms with E-state index in [0.29, 0.717) is 5.92 Å². The molecule has 0 aromatic heterocycles. The molecule has 0 fully saturated rings. The Balaban J connectivity index is 1.94. The molecule has 2 aromatic carbocycles. The van der Waals surface area contributed by atoms with E-state index in [1.165, 1.54) is 27.8 Å². The minimum Gasteiger partial charge on any atom is -0.325 e. The molecule has 2 aromatic rings. The van der Waals surface area contributed by atoms with Gasteiger partial charge in [0.15, 0.2) is 0 Å². The quantitative estimate of drug-likeness (QED) is 0.753. The van der Waals surface area contributed by atoms with E-state index < -0.39 is 0 Å². The summed E-state index contributed by atoms with van der Waals surface area (Å²) in [5.74, 6) is 0.455. The Hall–Kier alpha value is -2.12. The van der Waals surface area contributed by atoms with Crippen LogP contribution in [0, 0.1) is 5.92 Å². The second-order valence-corrected chi connectivity index (χ2v) is 7.53. The predicted octanol–water partition coefficient (Wildman–Crippen LogP) is 5.69. The van der Waals surface area contributed by atoms with Gasteiger partial charge in [-0.05, 0) is 54.9 Å². The fraction of sp³-hybridized carbons (Fsp3) is 0.304. The van der Waals surface area contributed by atoms with Gasteiger partial charge in [0.25, 0.3) is 0 Å². The van der Waals surface area contributed by atoms with Gasteiger partial charge in [0, 0.05) is 5.54 Å². The molecule has 0 amide bonds. The molecule has 124 valence electrons. The SMILES string of the molecule is CC(CC1=CC(c2ccccc2)=C(c2ccccc2)C1)C(C)(C)N. The first-order valence-corrected chi connectivity index (χ1v) is 8.77. The summed E-state index contributed by atoms with van der Waals surface area (Å²) in [6.45, 7) is 6.50. The van der Waals surface area contributed by atoms with Gasteiger partial charge in [-0.25, -0.2) is 0 Å². The highest BCUT2D eigenvalue weighted by Gasteiger charge is 2.25. The standard InChI is InChI=1S/C23H27N/c1-17(23(2,3)24)14-18-15-21(19-10-6-4-7-11-19)22(16-18)20-12-8-5-9-13-20/h4-13,15,17H,14,16,24H2,1-3H3. The monoisotopic (exact) mass is 317 g/mol. The molecule has 1 nitrogen and oxygen atoms in total. The predicted molar refractivity (Wildman–Crippen MR) is 104 cm³/mol. The van der Waals surface area contributed by atoms with Crippen molar-refractivity contribution in [3.8, 4) is 0 Å². The van der Waals surface area contributed by atoms with Gasteiger partial charge in [-0.2, -0.15) is 0 Å². The van der Waals surface area contributed by atoms with Crippen LogP contribution in [0.25, 0.3) is 11.1 Å². The smallest absolute Gasteiger partial charge is 0.0126 e. The first-order valence-electron chi connectivity index (χ1n) is 8.77. The highest BCUT2D eigenvalue weighted by Crippen LogP contribution is 2.41. The second-order valence-electron chi connectivity index (χ2n) is 7.53. The molecule has 3 rings (SSSR count). The molecule has 0 saturated heterocycles. The molecule has 0 aliphatic heterocycles. The van der Waals surface area contributed by atoms with Gasteiger partial charge < -0.3 is 5.73 Å². The van der Waals surface area contributed by atoms with Gasteiger partial charge in [-0.1, -0.05) is 79.2 Å². The van der Waals surface area contributed by atoms with Crippen LogP contribution in [0.4, 0.5) is 0 Å². The molecule has 0 spiro atoms. The molecule has 1 aliphatic carbocycles. The number of hydrogen-bond acceptors (Lipinski definition) is 1. The number of benzene rings is 2. The van der Waals surface area contributed by atoms with Crippen LogP contribution in [0.5, 0.6) is 0 Å². The third kappa shape index (κ3) is 3.68. The first-order chi connectivity index (χ1) is 11.4. The lowest BCUT2D eigenvalue weighted by Gasteiger charge is -2.27. The summed E-state index contributed by atoms with van der Waals surface area (Å²) in [6, 6.07) is 21.5. The Morgan fingerprint density at radius 3 is 2.00 bits per heavy atom. The van der Waals surface area contributed by atoms with E-state index in [1.807, 2.05) is 0 Å². The van der Waals surface area contributed by atoms with Crippen LogP contribution in [0.3, 0.4) is 0 Å². The van der Waals surface area contributed by atoms with E-state index >= 15 is 0 Å². The maximum atomic E-state index is 6.31. The molecule has 1 heteroatoms. The molecular weight excluding hydrogens is 290 g/mol. The van der Waals surface area contributed by atoms with E-state index in [-0.39, 0.29) is 5.54 Å². The zero-order chi connectivity index (χ0) is 17.2. The number of nitrogens with two attached hydrogens (primary N) is 1. The average Bonchev–Trinajstić information content (AvgIpc) is 2.99. The van der Waals surface area contributed by atoms with Gasteiger partial charge in [0.2, 0.25) is 0 Å². The van der Waals surface area contributed by atoms with Crippen LogP contribution in [0.15, 0.2) is 72.3 Å². The fourth-order valence-corrected chi connectivity index (χ4v) is 3.22. The minimum atomic E-state index is -0.150. The second kappa shape index (κ2) is 6.78. The molecule has 1 unspecified atom stereocenters. The summed E-state index contributed by atoms with van der Waals surface area (Å²) in [5, 5.41) is 0. The Labute approximate surface area is 145 Å². The molecule has 0 bridgehead atoms. The maximum Gasteiger partial charge on any atom is 0.0126 e. The van der Waals surface area contributed by atoms with E-state index in [1.54, 1.807) is 0 Å². The van der Waals surface area contributed by atoms with Crippen molar-refractivity contribution in [2.75, 3.05) is 0 Å². The number of hydrogen-bond donors (Lipinski definition) is 1. The lowest BCUT2D eigenvalue weighted by atomic mass is 9.84. The van der Waals surface area contributed by atoms with Crippen LogP contribution >= 0.6 is 0 Å². The largest absolute Gasteiger partial charge is 0.325 e. The topological polar surface area (TPSA) is 26.0 Å². The van der Waals surface area contributed by atoms with Crippen molar-refractivity contribution in [3.05, 3.63) is 83.4 Å². The lowest BCUT2D eigenvalue weighted by molar-refractivity contribution is 0.343. The highest BCUT2D eigenvalue weighted by molar-refractivity contribution is 5.99. The van der Waals surface area contributed by atoms with Crippen molar-refractivity contribution >= 4 is 11.1 Å². The maximum absolute atomic E-state index is 6.31. The summed E-state index contributed by atoms with van der Waals surface area (Å²) >= 11 is 0. The molecule has 0 radical (unpaired) electrons. The minimum absolute atomic E-state index is 0.150. The lowest BCUT2D eigenvalue weighted by Crippen LogP contribution is -2.39. The van der Waals surface area contributed by atoms with Gasteiger partial charge >= 0.3 is 0 Å². The van der Waals surface area contributed by atoms with E-state index in [4.69, 9.17) is 5.73 Å². The van der Waals surface area contributed by atoms with Gasteiger partial charge in [0.05, 0.1) is 0 Å².